The summed E-state index contributed by atoms with van der Waals surface area (Å²) in [5.41, 5.74) is 7.45. The second-order valence-electron chi connectivity index (χ2n) is 8.14. The Bertz CT molecular complexity index is 1110. The summed E-state index contributed by atoms with van der Waals surface area (Å²) in [4.78, 5) is 25.4. The predicted molar refractivity (Wildman–Crippen MR) is 127 cm³/mol. The molecule has 0 saturated carbocycles. The first-order chi connectivity index (χ1) is 15.2. The van der Waals surface area contributed by atoms with Crippen molar-refractivity contribution in [3.8, 4) is 0 Å². The standard InChI is InChI=1S/C26H30N2O4/c1-15-7-9-17(3)21(11-15)27-23-13-20(26(30)32-6)24(14-19(23)25(29)31-5)28-22-12-16(2)8-10-18(22)4/h7-13,24,27-28H,14H2,1-6H3. The third kappa shape index (κ3) is 5.02. The summed E-state index contributed by atoms with van der Waals surface area (Å²) in [6.07, 6.45) is 1.96. The Morgan fingerprint density at radius 2 is 1.41 bits per heavy atom. The van der Waals surface area contributed by atoms with Gasteiger partial charge in [-0.05, 0) is 68.2 Å². The number of carbonyl (C=O) groups excluding carboxylic acids is 2. The van der Waals surface area contributed by atoms with Crippen molar-refractivity contribution in [3.63, 3.8) is 0 Å². The average molecular weight is 435 g/mol. The van der Waals surface area contributed by atoms with E-state index >= 15 is 0 Å². The van der Waals surface area contributed by atoms with Gasteiger partial charge in [-0.1, -0.05) is 24.3 Å². The molecular formula is C26H30N2O4. The molecule has 168 valence electrons. The maximum atomic E-state index is 12.7. The molecule has 0 spiro atoms. The summed E-state index contributed by atoms with van der Waals surface area (Å²) in [5, 5.41) is 6.77. The monoisotopic (exact) mass is 434 g/mol. The number of rotatable bonds is 6. The largest absolute Gasteiger partial charge is 0.466 e. The zero-order valence-electron chi connectivity index (χ0n) is 19.5. The minimum atomic E-state index is -0.447. The number of carbonyl (C=O) groups is 2. The third-order valence-electron chi connectivity index (χ3n) is 5.65. The number of benzene rings is 2. The first-order valence-electron chi connectivity index (χ1n) is 10.5. The van der Waals surface area contributed by atoms with Gasteiger partial charge in [0, 0.05) is 23.5 Å². The highest BCUT2D eigenvalue weighted by Crippen LogP contribution is 2.31. The highest BCUT2D eigenvalue weighted by atomic mass is 16.5. The van der Waals surface area contributed by atoms with Crippen molar-refractivity contribution in [2.45, 2.75) is 40.2 Å². The molecule has 1 aliphatic rings. The van der Waals surface area contributed by atoms with Gasteiger partial charge >= 0.3 is 11.9 Å². The molecule has 0 heterocycles. The van der Waals surface area contributed by atoms with Crippen LogP contribution in [-0.4, -0.2) is 32.2 Å². The first kappa shape index (κ1) is 23.1. The van der Waals surface area contributed by atoms with Gasteiger partial charge in [-0.25, -0.2) is 9.59 Å². The van der Waals surface area contributed by atoms with Crippen LogP contribution in [0.3, 0.4) is 0 Å². The van der Waals surface area contributed by atoms with Gasteiger partial charge in [0.1, 0.15) is 0 Å². The molecule has 0 bridgehead atoms. The lowest BCUT2D eigenvalue weighted by molar-refractivity contribution is -0.138. The summed E-state index contributed by atoms with van der Waals surface area (Å²) in [6, 6.07) is 11.7. The third-order valence-corrected chi connectivity index (χ3v) is 5.65. The first-order valence-corrected chi connectivity index (χ1v) is 10.5. The Labute approximate surface area is 189 Å². The Kier molecular flexibility index (Phi) is 7.03. The van der Waals surface area contributed by atoms with Crippen molar-refractivity contribution >= 4 is 23.3 Å². The van der Waals surface area contributed by atoms with Gasteiger partial charge in [0.2, 0.25) is 0 Å². The van der Waals surface area contributed by atoms with E-state index in [9.17, 15) is 9.59 Å². The number of aryl methyl sites for hydroxylation is 4. The van der Waals surface area contributed by atoms with E-state index in [1.165, 1.54) is 14.2 Å². The lowest BCUT2D eigenvalue weighted by Gasteiger charge is -2.29. The zero-order valence-corrected chi connectivity index (χ0v) is 19.5. The van der Waals surface area contributed by atoms with Gasteiger partial charge in [0.25, 0.3) is 0 Å². The summed E-state index contributed by atoms with van der Waals surface area (Å²) in [6.45, 7) is 7.99. The maximum absolute atomic E-state index is 12.7. The Morgan fingerprint density at radius 3 is 2.00 bits per heavy atom. The van der Waals surface area contributed by atoms with Gasteiger partial charge in [-0.2, -0.15) is 0 Å². The number of ether oxygens (including phenoxy) is 2. The van der Waals surface area contributed by atoms with Crippen molar-refractivity contribution in [1.29, 1.82) is 0 Å². The second kappa shape index (κ2) is 9.73. The number of hydrogen-bond donors (Lipinski definition) is 2. The number of esters is 2. The van der Waals surface area contributed by atoms with Gasteiger partial charge in [0.05, 0.1) is 31.4 Å². The van der Waals surface area contributed by atoms with Crippen LogP contribution in [0.15, 0.2) is 59.3 Å². The van der Waals surface area contributed by atoms with Crippen LogP contribution in [0, 0.1) is 27.7 Å². The summed E-state index contributed by atoms with van der Waals surface area (Å²) < 4.78 is 10.1. The number of allylic oxidation sites excluding steroid dienone is 1. The highest BCUT2D eigenvalue weighted by Gasteiger charge is 2.32. The predicted octanol–water partition coefficient (Wildman–Crippen LogP) is 4.74. The molecule has 0 aromatic heterocycles. The van der Waals surface area contributed by atoms with Gasteiger partial charge < -0.3 is 20.1 Å². The lowest BCUT2D eigenvalue weighted by Crippen LogP contribution is -2.33. The molecule has 3 rings (SSSR count). The molecule has 2 N–H and O–H groups in total. The molecule has 1 atom stereocenters. The maximum Gasteiger partial charge on any atom is 0.335 e. The minimum absolute atomic E-state index is 0.272. The van der Waals surface area contributed by atoms with E-state index in [1.807, 2.05) is 64.1 Å². The Morgan fingerprint density at radius 1 is 0.844 bits per heavy atom. The van der Waals surface area contributed by atoms with Gasteiger partial charge in [-0.3, -0.25) is 0 Å². The van der Waals surface area contributed by atoms with E-state index in [0.29, 0.717) is 16.8 Å². The molecule has 0 radical (unpaired) electrons. The quantitative estimate of drug-likeness (QED) is 0.640. The normalized spacial score (nSPS) is 15.7. The molecule has 1 aliphatic carbocycles. The average Bonchev–Trinajstić information content (AvgIpc) is 2.78. The van der Waals surface area contributed by atoms with Gasteiger partial charge in [-0.15, -0.1) is 0 Å². The fourth-order valence-electron chi connectivity index (χ4n) is 3.74. The van der Waals surface area contributed by atoms with Crippen LogP contribution in [0.5, 0.6) is 0 Å². The Balaban J connectivity index is 2.06. The molecule has 0 saturated heterocycles. The van der Waals surface area contributed by atoms with E-state index < -0.39 is 18.0 Å². The van der Waals surface area contributed by atoms with E-state index in [0.717, 1.165) is 33.6 Å². The smallest absolute Gasteiger partial charge is 0.335 e. The SMILES string of the molecule is COC(=O)C1=CC(Nc2cc(C)ccc2C)=C(C(=O)OC)CC1Nc1cc(C)ccc1C. The molecule has 6 nitrogen and oxygen atoms in total. The van der Waals surface area contributed by atoms with Crippen LogP contribution < -0.4 is 10.6 Å². The van der Waals surface area contributed by atoms with Crippen molar-refractivity contribution in [2.24, 2.45) is 0 Å². The molecule has 2 aromatic carbocycles. The molecular weight excluding hydrogens is 404 g/mol. The van der Waals surface area contributed by atoms with Crippen LogP contribution in [0.2, 0.25) is 0 Å². The van der Waals surface area contributed by atoms with Crippen molar-refractivity contribution < 1.29 is 19.1 Å². The van der Waals surface area contributed by atoms with E-state index in [4.69, 9.17) is 9.47 Å². The van der Waals surface area contributed by atoms with Crippen LogP contribution in [0.4, 0.5) is 11.4 Å². The molecule has 6 heteroatoms. The fourth-order valence-corrected chi connectivity index (χ4v) is 3.74. The van der Waals surface area contributed by atoms with Crippen molar-refractivity contribution in [2.75, 3.05) is 24.9 Å². The minimum Gasteiger partial charge on any atom is -0.466 e. The van der Waals surface area contributed by atoms with Crippen LogP contribution in [0.1, 0.15) is 28.7 Å². The molecule has 0 fully saturated rings. The Hall–Kier alpha value is -3.54. The topological polar surface area (TPSA) is 76.7 Å². The summed E-state index contributed by atoms with van der Waals surface area (Å²) >= 11 is 0. The van der Waals surface area contributed by atoms with E-state index in [1.54, 1.807) is 6.08 Å². The van der Waals surface area contributed by atoms with Crippen molar-refractivity contribution in [1.82, 2.24) is 0 Å². The van der Waals surface area contributed by atoms with Crippen LogP contribution in [-0.2, 0) is 19.1 Å². The molecule has 32 heavy (non-hydrogen) atoms. The molecule has 0 amide bonds. The number of nitrogens with one attached hydrogen (secondary N) is 2. The fraction of sp³-hybridized carbons (Fsp3) is 0.308. The van der Waals surface area contributed by atoms with Crippen LogP contribution >= 0.6 is 0 Å². The van der Waals surface area contributed by atoms with E-state index in [-0.39, 0.29) is 6.42 Å². The van der Waals surface area contributed by atoms with Crippen LogP contribution in [0.25, 0.3) is 0 Å². The summed E-state index contributed by atoms with van der Waals surface area (Å²) in [7, 11) is 2.72. The number of hydrogen-bond acceptors (Lipinski definition) is 6. The molecule has 1 unspecified atom stereocenters. The van der Waals surface area contributed by atoms with E-state index in [2.05, 4.69) is 10.6 Å². The van der Waals surface area contributed by atoms with Gasteiger partial charge in [0.15, 0.2) is 0 Å². The zero-order chi connectivity index (χ0) is 23.4. The number of anilines is 2. The highest BCUT2D eigenvalue weighted by molar-refractivity contribution is 5.97. The summed E-state index contributed by atoms with van der Waals surface area (Å²) in [5.74, 6) is -0.886. The number of methoxy groups -OCH3 is 2. The molecule has 2 aromatic rings. The van der Waals surface area contributed by atoms with Crippen molar-refractivity contribution in [3.05, 3.63) is 81.6 Å². The molecule has 0 aliphatic heterocycles. The second-order valence-corrected chi connectivity index (χ2v) is 8.14. The lowest BCUT2D eigenvalue weighted by atomic mass is 9.90.